The molecule has 0 aliphatic heterocycles. The number of anilines is 1. The van der Waals surface area contributed by atoms with Crippen molar-refractivity contribution in [2.24, 2.45) is 0 Å². The number of carbonyl (C=O) groups is 1. The van der Waals surface area contributed by atoms with Gasteiger partial charge in [-0.2, -0.15) is 18.3 Å². The molecule has 10 heteroatoms. The predicted octanol–water partition coefficient (Wildman–Crippen LogP) is 3.10. The molecule has 2 heterocycles. The number of aromatic nitrogens is 4. The maximum Gasteiger partial charge on any atom is 0.417 e. The second-order valence-corrected chi connectivity index (χ2v) is 6.05. The largest absolute Gasteiger partial charge is 0.417 e. The zero-order valence-corrected chi connectivity index (χ0v) is 15.1. The van der Waals surface area contributed by atoms with Crippen LogP contribution in [0, 0.1) is 0 Å². The van der Waals surface area contributed by atoms with Crippen LogP contribution < -0.4 is 10.6 Å². The Balaban J connectivity index is 1.68. The van der Waals surface area contributed by atoms with Gasteiger partial charge in [0.15, 0.2) is 5.65 Å². The van der Waals surface area contributed by atoms with Crippen molar-refractivity contribution in [3.8, 4) is 0 Å². The Morgan fingerprint density at radius 1 is 1.18 bits per heavy atom. The third kappa shape index (κ3) is 4.21. The number of fused-ring (bicyclic) bond motifs is 1. The highest BCUT2D eigenvalue weighted by Gasteiger charge is 2.34. The number of amides is 1. The van der Waals surface area contributed by atoms with Gasteiger partial charge in [-0.1, -0.05) is 19.1 Å². The number of nitrogens with one attached hydrogen (secondary N) is 2. The number of rotatable bonds is 7. The fraction of sp³-hybridized carbons (Fsp3) is 0.333. The summed E-state index contributed by atoms with van der Waals surface area (Å²) in [6.45, 7) is 3.15. The van der Waals surface area contributed by atoms with Gasteiger partial charge in [0.05, 0.1) is 29.3 Å². The molecule has 0 saturated heterocycles. The Bertz CT molecular complexity index is 969. The topological polar surface area (TPSA) is 84.7 Å². The average Bonchev–Trinajstić information content (AvgIpc) is 3.09. The first-order chi connectivity index (χ1) is 13.4. The average molecular weight is 392 g/mol. The van der Waals surface area contributed by atoms with E-state index in [0.29, 0.717) is 11.5 Å². The molecule has 1 amide bonds. The number of hydrogen-bond acceptors (Lipinski definition) is 5. The van der Waals surface area contributed by atoms with Crippen LogP contribution in [0.5, 0.6) is 0 Å². The summed E-state index contributed by atoms with van der Waals surface area (Å²) in [6.07, 6.45) is -0.624. The van der Waals surface area contributed by atoms with Crippen molar-refractivity contribution in [2.45, 2.75) is 26.1 Å². The Labute approximate surface area is 159 Å². The van der Waals surface area contributed by atoms with E-state index in [-0.39, 0.29) is 13.1 Å². The van der Waals surface area contributed by atoms with Gasteiger partial charge < -0.3 is 10.6 Å². The molecule has 7 nitrogen and oxygen atoms in total. The van der Waals surface area contributed by atoms with E-state index in [1.807, 2.05) is 6.92 Å². The minimum absolute atomic E-state index is 0.101. The van der Waals surface area contributed by atoms with E-state index in [4.69, 9.17) is 0 Å². The highest BCUT2D eigenvalue weighted by atomic mass is 19.4. The molecule has 0 aliphatic carbocycles. The van der Waals surface area contributed by atoms with E-state index in [1.165, 1.54) is 18.5 Å². The van der Waals surface area contributed by atoms with E-state index in [0.717, 1.165) is 30.5 Å². The summed E-state index contributed by atoms with van der Waals surface area (Å²) in [6, 6.07) is 4.68. The van der Waals surface area contributed by atoms with Crippen molar-refractivity contribution >= 4 is 22.8 Å². The van der Waals surface area contributed by atoms with Crippen LogP contribution in [0.4, 0.5) is 19.0 Å². The molecule has 0 bridgehead atoms. The number of alkyl halides is 3. The lowest BCUT2D eigenvalue weighted by atomic mass is 10.1. The van der Waals surface area contributed by atoms with Crippen molar-refractivity contribution < 1.29 is 18.0 Å². The summed E-state index contributed by atoms with van der Waals surface area (Å²) in [5, 5.41) is 10.7. The van der Waals surface area contributed by atoms with Crippen LogP contribution in [-0.4, -0.2) is 38.7 Å². The Kier molecular flexibility index (Phi) is 5.76. The van der Waals surface area contributed by atoms with Gasteiger partial charge in [0.1, 0.15) is 12.1 Å². The molecule has 0 radical (unpaired) electrons. The Morgan fingerprint density at radius 2 is 1.96 bits per heavy atom. The van der Waals surface area contributed by atoms with Crippen LogP contribution >= 0.6 is 0 Å². The van der Waals surface area contributed by atoms with E-state index in [2.05, 4.69) is 25.7 Å². The fourth-order valence-corrected chi connectivity index (χ4v) is 2.74. The van der Waals surface area contributed by atoms with Gasteiger partial charge in [0.25, 0.3) is 5.91 Å². The lowest BCUT2D eigenvalue weighted by Crippen LogP contribution is -2.29. The smallest absolute Gasteiger partial charge is 0.369 e. The summed E-state index contributed by atoms with van der Waals surface area (Å²) in [5.41, 5.74) is -0.788. The first-order valence-electron chi connectivity index (χ1n) is 8.76. The number of nitrogens with zero attached hydrogens (tertiary/aromatic N) is 4. The quantitative estimate of drug-likeness (QED) is 0.646. The predicted molar refractivity (Wildman–Crippen MR) is 97.9 cm³/mol. The summed E-state index contributed by atoms with van der Waals surface area (Å²) < 4.78 is 40.7. The molecule has 0 fully saturated rings. The van der Waals surface area contributed by atoms with E-state index in [1.54, 1.807) is 10.9 Å². The second-order valence-electron chi connectivity index (χ2n) is 6.05. The van der Waals surface area contributed by atoms with Crippen molar-refractivity contribution in [3.05, 3.63) is 47.9 Å². The zero-order valence-electron chi connectivity index (χ0n) is 15.1. The molecule has 2 aromatic heterocycles. The van der Waals surface area contributed by atoms with Crippen LogP contribution in [0.25, 0.3) is 11.0 Å². The molecule has 2 N–H and O–H groups in total. The summed E-state index contributed by atoms with van der Waals surface area (Å²) in [4.78, 5) is 20.6. The molecule has 3 aromatic rings. The highest BCUT2D eigenvalue weighted by Crippen LogP contribution is 2.31. The number of benzene rings is 1. The molecular weight excluding hydrogens is 373 g/mol. The van der Waals surface area contributed by atoms with Crippen molar-refractivity contribution in [3.63, 3.8) is 0 Å². The first-order valence-corrected chi connectivity index (χ1v) is 8.76. The number of carbonyl (C=O) groups excluding carboxylic acids is 1. The first kappa shape index (κ1) is 19.6. The van der Waals surface area contributed by atoms with E-state index >= 15 is 0 Å². The molecule has 0 saturated carbocycles. The molecule has 3 rings (SSSR count). The fourth-order valence-electron chi connectivity index (χ4n) is 2.74. The standard InChI is InChI=1S/C18H19F3N6O/c1-2-7-22-15-13-10-26-27(16(13)25-11-24-15)9-8-23-17(28)12-5-3-4-6-14(12)18(19,20)21/h3-6,10-11H,2,7-9H2,1H3,(H,23,28)(H,22,24,25). The molecule has 0 aliphatic rings. The third-order valence-corrected chi connectivity index (χ3v) is 4.06. The summed E-state index contributed by atoms with van der Waals surface area (Å²) >= 11 is 0. The molecule has 0 atom stereocenters. The van der Waals surface area contributed by atoms with Gasteiger partial charge >= 0.3 is 6.18 Å². The van der Waals surface area contributed by atoms with Gasteiger partial charge in [0, 0.05) is 13.1 Å². The zero-order chi connectivity index (χ0) is 20.1. The lowest BCUT2D eigenvalue weighted by molar-refractivity contribution is -0.137. The van der Waals surface area contributed by atoms with Gasteiger partial charge in [-0.05, 0) is 18.6 Å². The lowest BCUT2D eigenvalue weighted by Gasteiger charge is -2.12. The van der Waals surface area contributed by atoms with Crippen LogP contribution in [0.2, 0.25) is 0 Å². The van der Waals surface area contributed by atoms with Gasteiger partial charge in [-0.15, -0.1) is 0 Å². The normalized spacial score (nSPS) is 11.6. The van der Waals surface area contributed by atoms with Gasteiger partial charge in [-0.3, -0.25) is 4.79 Å². The van der Waals surface area contributed by atoms with Crippen LogP contribution in [-0.2, 0) is 12.7 Å². The Hall–Kier alpha value is -3.17. The van der Waals surface area contributed by atoms with Crippen LogP contribution in [0.3, 0.4) is 0 Å². The van der Waals surface area contributed by atoms with Crippen molar-refractivity contribution in [2.75, 3.05) is 18.4 Å². The maximum atomic E-state index is 13.0. The summed E-state index contributed by atoms with van der Waals surface area (Å²) in [5.74, 6) is -0.120. The molecule has 28 heavy (non-hydrogen) atoms. The Morgan fingerprint density at radius 3 is 2.71 bits per heavy atom. The van der Waals surface area contributed by atoms with Gasteiger partial charge in [0.2, 0.25) is 0 Å². The second kappa shape index (κ2) is 8.24. The molecule has 1 aromatic carbocycles. The SMILES string of the molecule is CCCNc1ncnc2c1cnn2CCNC(=O)c1ccccc1C(F)(F)F. The van der Waals surface area contributed by atoms with Crippen LogP contribution in [0.1, 0.15) is 29.3 Å². The highest BCUT2D eigenvalue weighted by molar-refractivity contribution is 5.95. The maximum absolute atomic E-state index is 13.0. The molecular formula is C18H19F3N6O. The summed E-state index contributed by atoms with van der Waals surface area (Å²) in [7, 11) is 0. The monoisotopic (exact) mass is 392 g/mol. The number of halogens is 3. The minimum Gasteiger partial charge on any atom is -0.369 e. The minimum atomic E-state index is -4.59. The van der Waals surface area contributed by atoms with E-state index in [9.17, 15) is 18.0 Å². The van der Waals surface area contributed by atoms with E-state index < -0.39 is 23.2 Å². The molecule has 0 unspecified atom stereocenters. The molecule has 0 spiro atoms. The van der Waals surface area contributed by atoms with Crippen LogP contribution in [0.15, 0.2) is 36.8 Å². The number of hydrogen-bond donors (Lipinski definition) is 2. The third-order valence-electron chi connectivity index (χ3n) is 4.06. The van der Waals surface area contributed by atoms with Crippen molar-refractivity contribution in [1.29, 1.82) is 0 Å². The van der Waals surface area contributed by atoms with Gasteiger partial charge in [-0.25, -0.2) is 14.6 Å². The molecule has 148 valence electrons. The van der Waals surface area contributed by atoms with Crippen molar-refractivity contribution in [1.82, 2.24) is 25.1 Å².